The SMILES string of the molecule is O=C(O)c1ccc(CNC(=O)[C@@H]2CCCN(Cc3cccc(F)c3)C2)cc1. The maximum Gasteiger partial charge on any atom is 0.335 e. The van der Waals surface area contributed by atoms with Crippen molar-refractivity contribution in [3.05, 3.63) is 71.0 Å². The summed E-state index contributed by atoms with van der Waals surface area (Å²) >= 11 is 0. The number of amides is 1. The van der Waals surface area contributed by atoms with Crippen LogP contribution in [0.15, 0.2) is 48.5 Å². The number of rotatable bonds is 6. The van der Waals surface area contributed by atoms with Gasteiger partial charge in [0.25, 0.3) is 0 Å². The monoisotopic (exact) mass is 370 g/mol. The molecule has 1 aliphatic heterocycles. The number of piperidine rings is 1. The van der Waals surface area contributed by atoms with Crippen LogP contribution >= 0.6 is 0 Å². The lowest BCUT2D eigenvalue weighted by Crippen LogP contribution is -2.42. The minimum Gasteiger partial charge on any atom is -0.478 e. The molecular formula is C21H23FN2O3. The first-order valence-corrected chi connectivity index (χ1v) is 9.08. The van der Waals surface area contributed by atoms with Crippen LogP contribution in [0.25, 0.3) is 0 Å². The number of nitrogens with zero attached hydrogens (tertiary/aromatic N) is 1. The van der Waals surface area contributed by atoms with Crippen molar-refractivity contribution in [2.45, 2.75) is 25.9 Å². The molecule has 1 aliphatic rings. The smallest absolute Gasteiger partial charge is 0.335 e. The van der Waals surface area contributed by atoms with Gasteiger partial charge in [-0.25, -0.2) is 9.18 Å². The van der Waals surface area contributed by atoms with Crippen LogP contribution in [0.5, 0.6) is 0 Å². The van der Waals surface area contributed by atoms with Crippen molar-refractivity contribution < 1.29 is 19.1 Å². The Balaban J connectivity index is 1.51. The van der Waals surface area contributed by atoms with Gasteiger partial charge < -0.3 is 10.4 Å². The normalized spacial score (nSPS) is 17.4. The van der Waals surface area contributed by atoms with Crippen LogP contribution in [0.2, 0.25) is 0 Å². The highest BCUT2D eigenvalue weighted by molar-refractivity contribution is 5.87. The maximum absolute atomic E-state index is 13.3. The van der Waals surface area contributed by atoms with Crippen LogP contribution in [0.4, 0.5) is 4.39 Å². The first-order valence-electron chi connectivity index (χ1n) is 9.08. The van der Waals surface area contributed by atoms with Gasteiger partial charge in [0, 0.05) is 19.6 Å². The maximum atomic E-state index is 13.3. The van der Waals surface area contributed by atoms with E-state index >= 15 is 0 Å². The quantitative estimate of drug-likeness (QED) is 0.820. The van der Waals surface area contributed by atoms with E-state index in [0.29, 0.717) is 19.6 Å². The Bertz CT molecular complexity index is 807. The summed E-state index contributed by atoms with van der Waals surface area (Å²) in [4.78, 5) is 25.6. The second kappa shape index (κ2) is 8.77. The molecule has 1 heterocycles. The largest absolute Gasteiger partial charge is 0.478 e. The van der Waals surface area contributed by atoms with Crippen molar-refractivity contribution in [3.63, 3.8) is 0 Å². The summed E-state index contributed by atoms with van der Waals surface area (Å²) in [6.45, 7) is 2.56. The van der Waals surface area contributed by atoms with Crippen LogP contribution in [0, 0.1) is 11.7 Å². The van der Waals surface area contributed by atoms with Gasteiger partial charge in [0.05, 0.1) is 11.5 Å². The number of carbonyl (C=O) groups excluding carboxylic acids is 1. The molecule has 0 radical (unpaired) electrons. The summed E-state index contributed by atoms with van der Waals surface area (Å²) in [6, 6.07) is 13.0. The molecule has 5 nitrogen and oxygen atoms in total. The number of halogens is 1. The van der Waals surface area contributed by atoms with Crippen LogP contribution in [0.1, 0.15) is 34.3 Å². The van der Waals surface area contributed by atoms with Crippen LogP contribution in [-0.4, -0.2) is 35.0 Å². The zero-order valence-corrected chi connectivity index (χ0v) is 15.0. The van der Waals surface area contributed by atoms with E-state index in [-0.39, 0.29) is 23.2 Å². The van der Waals surface area contributed by atoms with E-state index in [1.807, 2.05) is 6.07 Å². The van der Waals surface area contributed by atoms with E-state index in [1.165, 1.54) is 24.3 Å². The molecule has 3 rings (SSSR count). The summed E-state index contributed by atoms with van der Waals surface area (Å²) in [5.74, 6) is -1.30. The average molecular weight is 370 g/mol. The Labute approximate surface area is 157 Å². The third-order valence-electron chi connectivity index (χ3n) is 4.84. The lowest BCUT2D eigenvalue weighted by molar-refractivity contribution is -0.126. The van der Waals surface area contributed by atoms with Crippen LogP contribution in [-0.2, 0) is 17.9 Å². The summed E-state index contributed by atoms with van der Waals surface area (Å²) in [6.07, 6.45) is 1.77. The van der Waals surface area contributed by atoms with E-state index in [0.717, 1.165) is 30.5 Å². The molecule has 2 aromatic rings. The van der Waals surface area contributed by atoms with Gasteiger partial charge in [-0.1, -0.05) is 24.3 Å². The number of likely N-dealkylation sites (tertiary alicyclic amines) is 1. The van der Waals surface area contributed by atoms with Gasteiger partial charge in [-0.3, -0.25) is 9.69 Å². The Kier molecular flexibility index (Phi) is 6.19. The van der Waals surface area contributed by atoms with E-state index in [4.69, 9.17) is 5.11 Å². The molecule has 0 aromatic heterocycles. The number of benzene rings is 2. The molecular weight excluding hydrogens is 347 g/mol. The van der Waals surface area contributed by atoms with Crippen LogP contribution in [0.3, 0.4) is 0 Å². The molecule has 2 N–H and O–H groups in total. The van der Waals surface area contributed by atoms with Gasteiger partial charge in [-0.15, -0.1) is 0 Å². The number of carbonyl (C=O) groups is 2. The molecule has 0 bridgehead atoms. The summed E-state index contributed by atoms with van der Waals surface area (Å²) in [7, 11) is 0. The molecule has 0 spiro atoms. The summed E-state index contributed by atoms with van der Waals surface area (Å²) in [5.41, 5.74) is 2.00. The Hall–Kier alpha value is -2.73. The number of nitrogens with one attached hydrogen (secondary N) is 1. The first-order chi connectivity index (χ1) is 13.0. The highest BCUT2D eigenvalue weighted by Crippen LogP contribution is 2.19. The van der Waals surface area contributed by atoms with E-state index < -0.39 is 5.97 Å². The third kappa shape index (κ3) is 5.37. The molecule has 2 aromatic carbocycles. The second-order valence-corrected chi connectivity index (χ2v) is 6.92. The van der Waals surface area contributed by atoms with Crippen molar-refractivity contribution in [2.24, 2.45) is 5.92 Å². The van der Waals surface area contributed by atoms with E-state index in [2.05, 4.69) is 10.2 Å². The number of carboxylic acid groups (broad SMARTS) is 1. The van der Waals surface area contributed by atoms with Gasteiger partial charge in [0.1, 0.15) is 5.82 Å². The topological polar surface area (TPSA) is 69.6 Å². The van der Waals surface area contributed by atoms with Crippen molar-refractivity contribution in [2.75, 3.05) is 13.1 Å². The molecule has 0 saturated carbocycles. The fourth-order valence-electron chi connectivity index (χ4n) is 3.41. The molecule has 0 aliphatic carbocycles. The molecule has 1 fully saturated rings. The van der Waals surface area contributed by atoms with Gasteiger partial charge in [-0.05, 0) is 54.8 Å². The molecule has 1 atom stereocenters. The lowest BCUT2D eigenvalue weighted by atomic mass is 9.96. The molecule has 6 heteroatoms. The van der Waals surface area contributed by atoms with Crippen molar-refractivity contribution in [3.8, 4) is 0 Å². The summed E-state index contributed by atoms with van der Waals surface area (Å²) in [5, 5.41) is 11.9. The van der Waals surface area contributed by atoms with Gasteiger partial charge in [-0.2, -0.15) is 0 Å². The Morgan fingerprint density at radius 2 is 1.93 bits per heavy atom. The molecule has 1 amide bonds. The van der Waals surface area contributed by atoms with Crippen LogP contribution < -0.4 is 5.32 Å². The van der Waals surface area contributed by atoms with Crippen molar-refractivity contribution in [1.82, 2.24) is 10.2 Å². The number of hydrogen-bond donors (Lipinski definition) is 2. The summed E-state index contributed by atoms with van der Waals surface area (Å²) < 4.78 is 13.3. The predicted molar refractivity (Wildman–Crippen MR) is 99.6 cm³/mol. The zero-order chi connectivity index (χ0) is 19.2. The fraction of sp³-hybridized carbons (Fsp3) is 0.333. The highest BCUT2D eigenvalue weighted by Gasteiger charge is 2.25. The van der Waals surface area contributed by atoms with Gasteiger partial charge in [0.2, 0.25) is 5.91 Å². The molecule has 27 heavy (non-hydrogen) atoms. The molecule has 142 valence electrons. The molecule has 0 unspecified atom stereocenters. The van der Waals surface area contributed by atoms with E-state index in [9.17, 15) is 14.0 Å². The number of carboxylic acids is 1. The van der Waals surface area contributed by atoms with Crippen molar-refractivity contribution in [1.29, 1.82) is 0 Å². The van der Waals surface area contributed by atoms with Gasteiger partial charge in [0.15, 0.2) is 0 Å². The fourth-order valence-corrected chi connectivity index (χ4v) is 3.41. The number of aromatic carboxylic acids is 1. The Morgan fingerprint density at radius 1 is 1.15 bits per heavy atom. The van der Waals surface area contributed by atoms with Gasteiger partial charge >= 0.3 is 5.97 Å². The molecule has 1 saturated heterocycles. The first kappa shape index (κ1) is 19.0. The standard InChI is InChI=1S/C21H23FN2O3/c22-19-5-1-3-16(11-19)13-24-10-2-4-18(14-24)20(25)23-12-15-6-8-17(9-7-15)21(26)27/h1,3,5-9,11,18H,2,4,10,12-14H2,(H,23,25)(H,26,27)/t18-/m1/s1. The minimum atomic E-state index is -0.967. The second-order valence-electron chi connectivity index (χ2n) is 6.92. The van der Waals surface area contributed by atoms with Crippen molar-refractivity contribution >= 4 is 11.9 Å². The lowest BCUT2D eigenvalue weighted by Gasteiger charge is -2.32. The average Bonchev–Trinajstić information content (AvgIpc) is 2.66. The third-order valence-corrected chi connectivity index (χ3v) is 4.84. The predicted octanol–water partition coefficient (Wildman–Crippen LogP) is 3.05. The van der Waals surface area contributed by atoms with E-state index in [1.54, 1.807) is 18.2 Å². The highest BCUT2D eigenvalue weighted by atomic mass is 19.1. The zero-order valence-electron chi connectivity index (χ0n) is 15.0. The number of hydrogen-bond acceptors (Lipinski definition) is 3. The minimum absolute atomic E-state index is 0.00116. The Morgan fingerprint density at radius 3 is 2.63 bits per heavy atom.